The second-order valence-corrected chi connectivity index (χ2v) is 5.95. The second kappa shape index (κ2) is 6.34. The summed E-state index contributed by atoms with van der Waals surface area (Å²) in [5, 5.41) is 12.6. The summed E-state index contributed by atoms with van der Waals surface area (Å²) in [5.74, 6) is -0.831. The lowest BCUT2D eigenvalue weighted by Gasteiger charge is -2.32. The molecule has 0 amide bonds. The molecule has 0 unspecified atom stereocenters. The van der Waals surface area contributed by atoms with Crippen LogP contribution < -0.4 is 5.32 Å². The highest BCUT2D eigenvalue weighted by Gasteiger charge is 2.23. The molecule has 102 valence electrons. The molecular weight excluding hydrogens is 246 g/mol. The molecule has 0 aliphatic heterocycles. The third-order valence-electron chi connectivity index (χ3n) is 3.92. The molecule has 1 rings (SSSR count). The topological polar surface area (TPSA) is 49.3 Å². The number of carboxylic acids is 1. The van der Waals surface area contributed by atoms with Crippen LogP contribution in [0.1, 0.15) is 60.1 Å². The van der Waals surface area contributed by atoms with E-state index in [0.29, 0.717) is 4.88 Å². The van der Waals surface area contributed by atoms with E-state index in [1.54, 1.807) is 6.07 Å². The quantitative estimate of drug-likeness (QED) is 0.791. The zero-order valence-corrected chi connectivity index (χ0v) is 12.5. The molecule has 0 aliphatic carbocycles. The fourth-order valence-electron chi connectivity index (χ4n) is 2.21. The largest absolute Gasteiger partial charge is 0.477 e. The van der Waals surface area contributed by atoms with Gasteiger partial charge in [-0.05, 0) is 37.8 Å². The van der Waals surface area contributed by atoms with Gasteiger partial charge in [0.15, 0.2) is 0 Å². The summed E-state index contributed by atoms with van der Waals surface area (Å²) in [6.07, 6.45) is 3.28. The molecule has 18 heavy (non-hydrogen) atoms. The molecular formula is C14H23NO2S. The summed E-state index contributed by atoms with van der Waals surface area (Å²) in [6.45, 7) is 9.33. The van der Waals surface area contributed by atoms with Crippen molar-refractivity contribution in [3.05, 3.63) is 21.4 Å². The lowest BCUT2D eigenvalue weighted by atomic mass is 9.89. The van der Waals surface area contributed by atoms with Gasteiger partial charge in [0.1, 0.15) is 4.88 Å². The van der Waals surface area contributed by atoms with Gasteiger partial charge in [0.2, 0.25) is 0 Å². The first kappa shape index (κ1) is 15.2. The molecule has 3 nitrogen and oxygen atoms in total. The van der Waals surface area contributed by atoms with E-state index in [1.165, 1.54) is 11.3 Å². The van der Waals surface area contributed by atoms with E-state index < -0.39 is 5.97 Å². The van der Waals surface area contributed by atoms with E-state index in [4.69, 9.17) is 5.11 Å². The zero-order chi connectivity index (χ0) is 13.8. The average molecular weight is 269 g/mol. The number of nitrogens with one attached hydrogen (secondary N) is 1. The van der Waals surface area contributed by atoms with Crippen LogP contribution in [0.4, 0.5) is 0 Å². The minimum atomic E-state index is -0.831. The van der Waals surface area contributed by atoms with Crippen molar-refractivity contribution in [3.63, 3.8) is 0 Å². The summed E-state index contributed by atoms with van der Waals surface area (Å²) in [4.78, 5) is 12.5. The number of aryl methyl sites for hydroxylation is 1. The first-order valence-corrected chi connectivity index (χ1v) is 7.37. The Balaban J connectivity index is 2.76. The SMILES string of the molecule is CCC(CC)(CC)NCc1cc(C(=O)O)sc1C. The highest BCUT2D eigenvalue weighted by molar-refractivity contribution is 7.14. The van der Waals surface area contributed by atoms with Gasteiger partial charge in [-0.25, -0.2) is 4.79 Å². The highest BCUT2D eigenvalue weighted by Crippen LogP contribution is 2.24. The van der Waals surface area contributed by atoms with Crippen LogP contribution in [0.25, 0.3) is 0 Å². The van der Waals surface area contributed by atoms with Crippen molar-refractivity contribution in [1.29, 1.82) is 0 Å². The van der Waals surface area contributed by atoms with E-state index in [9.17, 15) is 4.79 Å². The van der Waals surface area contributed by atoms with Crippen molar-refractivity contribution in [2.24, 2.45) is 0 Å². The highest BCUT2D eigenvalue weighted by atomic mass is 32.1. The smallest absolute Gasteiger partial charge is 0.345 e. The normalized spacial score (nSPS) is 11.8. The molecule has 0 radical (unpaired) electrons. The van der Waals surface area contributed by atoms with Crippen LogP contribution in [0.3, 0.4) is 0 Å². The molecule has 1 aromatic rings. The Kier molecular flexibility index (Phi) is 5.35. The molecule has 0 aliphatic rings. The number of hydrogen-bond acceptors (Lipinski definition) is 3. The molecule has 0 spiro atoms. The maximum atomic E-state index is 10.9. The van der Waals surface area contributed by atoms with Gasteiger partial charge in [0.05, 0.1) is 0 Å². The Morgan fingerprint density at radius 1 is 1.33 bits per heavy atom. The zero-order valence-electron chi connectivity index (χ0n) is 11.7. The maximum Gasteiger partial charge on any atom is 0.345 e. The predicted molar refractivity (Wildman–Crippen MR) is 76.5 cm³/mol. The molecule has 0 bridgehead atoms. The van der Waals surface area contributed by atoms with Gasteiger partial charge in [-0.2, -0.15) is 0 Å². The van der Waals surface area contributed by atoms with Crippen molar-refractivity contribution in [3.8, 4) is 0 Å². The van der Waals surface area contributed by atoms with Crippen LogP contribution in [0.15, 0.2) is 6.07 Å². The van der Waals surface area contributed by atoms with Crippen LogP contribution in [0.2, 0.25) is 0 Å². The predicted octanol–water partition coefficient (Wildman–Crippen LogP) is 3.81. The van der Waals surface area contributed by atoms with Crippen LogP contribution in [-0.2, 0) is 6.54 Å². The maximum absolute atomic E-state index is 10.9. The molecule has 0 saturated heterocycles. The third-order valence-corrected chi connectivity index (χ3v) is 5.00. The Labute approximate surface area is 113 Å². The van der Waals surface area contributed by atoms with Crippen LogP contribution in [0, 0.1) is 6.92 Å². The molecule has 4 heteroatoms. The van der Waals surface area contributed by atoms with Gasteiger partial charge in [-0.3, -0.25) is 0 Å². The molecule has 2 N–H and O–H groups in total. The first-order chi connectivity index (χ1) is 8.48. The van der Waals surface area contributed by atoms with Crippen molar-refractivity contribution >= 4 is 17.3 Å². The number of rotatable bonds is 7. The van der Waals surface area contributed by atoms with E-state index in [0.717, 1.165) is 36.2 Å². The van der Waals surface area contributed by atoms with E-state index in [-0.39, 0.29) is 5.54 Å². The number of carbonyl (C=O) groups is 1. The molecule has 0 aromatic carbocycles. The average Bonchev–Trinajstić information content (AvgIpc) is 2.74. The molecule has 1 heterocycles. The Morgan fingerprint density at radius 2 is 1.89 bits per heavy atom. The monoisotopic (exact) mass is 269 g/mol. The standard InChI is InChI=1S/C14H23NO2S/c1-5-14(6-2,7-3)15-9-11-8-12(13(16)17)18-10(11)4/h8,15H,5-7,9H2,1-4H3,(H,16,17). The van der Waals surface area contributed by atoms with Gasteiger partial charge < -0.3 is 10.4 Å². The lowest BCUT2D eigenvalue weighted by molar-refractivity contribution is 0.0702. The summed E-state index contributed by atoms with van der Waals surface area (Å²) >= 11 is 1.36. The number of carboxylic acid groups (broad SMARTS) is 1. The van der Waals surface area contributed by atoms with Gasteiger partial charge in [-0.15, -0.1) is 11.3 Å². The lowest BCUT2D eigenvalue weighted by Crippen LogP contribution is -2.43. The number of thiophene rings is 1. The van der Waals surface area contributed by atoms with Gasteiger partial charge in [0, 0.05) is 17.0 Å². The van der Waals surface area contributed by atoms with Crippen LogP contribution in [-0.4, -0.2) is 16.6 Å². The first-order valence-electron chi connectivity index (χ1n) is 6.55. The fourth-order valence-corrected chi connectivity index (χ4v) is 3.09. The Morgan fingerprint density at radius 3 is 2.28 bits per heavy atom. The minimum absolute atomic E-state index is 0.178. The molecule has 0 saturated carbocycles. The van der Waals surface area contributed by atoms with Crippen LogP contribution >= 0.6 is 11.3 Å². The van der Waals surface area contributed by atoms with Gasteiger partial charge in [0.25, 0.3) is 0 Å². The number of hydrogen-bond donors (Lipinski definition) is 2. The Bertz CT molecular complexity index is 400. The van der Waals surface area contributed by atoms with E-state index in [2.05, 4.69) is 26.1 Å². The summed E-state index contributed by atoms with van der Waals surface area (Å²) in [7, 11) is 0. The number of aromatic carboxylic acids is 1. The van der Waals surface area contributed by atoms with E-state index in [1.807, 2.05) is 6.92 Å². The van der Waals surface area contributed by atoms with Crippen molar-refractivity contribution in [1.82, 2.24) is 5.32 Å². The van der Waals surface area contributed by atoms with Gasteiger partial charge >= 0.3 is 5.97 Å². The van der Waals surface area contributed by atoms with Crippen molar-refractivity contribution in [2.75, 3.05) is 0 Å². The molecule has 1 aromatic heterocycles. The van der Waals surface area contributed by atoms with Crippen LogP contribution in [0.5, 0.6) is 0 Å². The third kappa shape index (κ3) is 3.33. The van der Waals surface area contributed by atoms with Crippen molar-refractivity contribution in [2.45, 2.75) is 59.0 Å². The van der Waals surface area contributed by atoms with E-state index >= 15 is 0 Å². The molecule has 0 atom stereocenters. The minimum Gasteiger partial charge on any atom is -0.477 e. The van der Waals surface area contributed by atoms with Crippen molar-refractivity contribution < 1.29 is 9.90 Å². The summed E-state index contributed by atoms with van der Waals surface area (Å²) < 4.78 is 0. The second-order valence-electron chi connectivity index (χ2n) is 4.69. The Hall–Kier alpha value is -0.870. The summed E-state index contributed by atoms with van der Waals surface area (Å²) in [5.41, 5.74) is 1.29. The summed E-state index contributed by atoms with van der Waals surface area (Å²) in [6, 6.07) is 1.79. The molecule has 0 fully saturated rings. The fraction of sp³-hybridized carbons (Fsp3) is 0.643. The van der Waals surface area contributed by atoms with Gasteiger partial charge in [-0.1, -0.05) is 20.8 Å².